The fourth-order valence-electron chi connectivity index (χ4n) is 3.46. The summed E-state index contributed by atoms with van der Waals surface area (Å²) in [5.41, 5.74) is 2.70. The number of benzene rings is 2. The monoisotopic (exact) mass is 470 g/mol. The SMILES string of the molecule is COc1cccc(NC(=O)N2CCc3c(c(C(=O)O)nn3-c3ccc(Br)cc3)C2)c1. The number of carbonyl (C=O) groups is 2. The number of urea groups is 1. The van der Waals surface area contributed by atoms with Gasteiger partial charge in [-0.3, -0.25) is 0 Å². The van der Waals surface area contributed by atoms with E-state index >= 15 is 0 Å². The van der Waals surface area contributed by atoms with E-state index in [1.54, 1.807) is 41.0 Å². The van der Waals surface area contributed by atoms with Gasteiger partial charge in [-0.05, 0) is 36.4 Å². The highest BCUT2D eigenvalue weighted by molar-refractivity contribution is 9.10. The summed E-state index contributed by atoms with van der Waals surface area (Å²) < 4.78 is 7.76. The van der Waals surface area contributed by atoms with Gasteiger partial charge in [0.2, 0.25) is 0 Å². The molecule has 0 bridgehead atoms. The summed E-state index contributed by atoms with van der Waals surface area (Å²) in [4.78, 5) is 26.1. The molecule has 0 aliphatic carbocycles. The van der Waals surface area contributed by atoms with Gasteiger partial charge < -0.3 is 20.1 Å². The minimum atomic E-state index is -1.11. The number of carbonyl (C=O) groups excluding carboxylic acids is 1. The average Bonchev–Trinajstić information content (AvgIpc) is 3.13. The number of nitrogens with one attached hydrogen (secondary N) is 1. The van der Waals surface area contributed by atoms with Crippen molar-refractivity contribution in [1.82, 2.24) is 14.7 Å². The second-order valence-electron chi connectivity index (χ2n) is 6.80. The predicted octanol–water partition coefficient (Wildman–Crippen LogP) is 3.93. The number of hydrogen-bond acceptors (Lipinski definition) is 4. The van der Waals surface area contributed by atoms with Gasteiger partial charge >= 0.3 is 12.0 Å². The quantitative estimate of drug-likeness (QED) is 0.601. The number of aromatic nitrogens is 2. The lowest BCUT2D eigenvalue weighted by Gasteiger charge is -2.28. The molecule has 0 saturated carbocycles. The number of aromatic carboxylic acids is 1. The lowest BCUT2D eigenvalue weighted by molar-refractivity contribution is 0.0687. The van der Waals surface area contributed by atoms with Gasteiger partial charge in [-0.25, -0.2) is 14.3 Å². The Morgan fingerprint density at radius 2 is 1.97 bits per heavy atom. The van der Waals surface area contributed by atoms with Crippen LogP contribution in [0, 0.1) is 0 Å². The number of ether oxygens (including phenoxy) is 1. The zero-order valence-electron chi connectivity index (χ0n) is 16.1. The molecule has 0 fully saturated rings. The second kappa shape index (κ2) is 8.19. The first-order valence-corrected chi connectivity index (χ1v) is 10.1. The highest BCUT2D eigenvalue weighted by atomic mass is 79.9. The number of halogens is 1. The van der Waals surface area contributed by atoms with Crippen LogP contribution >= 0.6 is 15.9 Å². The molecular weight excluding hydrogens is 452 g/mol. The van der Waals surface area contributed by atoms with Gasteiger partial charge in [0.05, 0.1) is 25.0 Å². The maximum absolute atomic E-state index is 12.8. The Morgan fingerprint density at radius 3 is 2.67 bits per heavy atom. The molecule has 1 aliphatic rings. The van der Waals surface area contributed by atoms with Crippen molar-refractivity contribution in [2.45, 2.75) is 13.0 Å². The molecule has 1 aliphatic heterocycles. The second-order valence-corrected chi connectivity index (χ2v) is 7.72. The lowest BCUT2D eigenvalue weighted by Crippen LogP contribution is -2.39. The third-order valence-electron chi connectivity index (χ3n) is 4.94. The van der Waals surface area contributed by atoms with Crippen LogP contribution in [0.5, 0.6) is 5.75 Å². The van der Waals surface area contributed by atoms with Crippen LogP contribution in [0.2, 0.25) is 0 Å². The van der Waals surface area contributed by atoms with Crippen molar-refractivity contribution in [2.24, 2.45) is 0 Å². The van der Waals surface area contributed by atoms with E-state index in [-0.39, 0.29) is 18.3 Å². The Hall–Kier alpha value is -3.33. The van der Waals surface area contributed by atoms with Crippen molar-refractivity contribution >= 4 is 33.6 Å². The van der Waals surface area contributed by atoms with E-state index in [0.717, 1.165) is 15.9 Å². The van der Waals surface area contributed by atoms with Crippen molar-refractivity contribution in [2.75, 3.05) is 19.0 Å². The molecule has 2 amide bonds. The van der Waals surface area contributed by atoms with Crippen LogP contribution in [0.1, 0.15) is 21.7 Å². The van der Waals surface area contributed by atoms with Crippen molar-refractivity contribution < 1.29 is 19.4 Å². The lowest BCUT2D eigenvalue weighted by atomic mass is 10.1. The maximum atomic E-state index is 12.8. The molecule has 0 radical (unpaired) electrons. The Bertz CT molecular complexity index is 1110. The number of anilines is 1. The van der Waals surface area contributed by atoms with Crippen molar-refractivity contribution in [3.63, 3.8) is 0 Å². The molecular formula is C21H19BrN4O4. The van der Waals surface area contributed by atoms with Gasteiger partial charge in [0.1, 0.15) is 5.75 Å². The molecule has 0 atom stereocenters. The van der Waals surface area contributed by atoms with E-state index < -0.39 is 5.97 Å². The number of fused-ring (bicyclic) bond motifs is 1. The smallest absolute Gasteiger partial charge is 0.356 e. The first-order valence-electron chi connectivity index (χ1n) is 9.26. The first kappa shape index (κ1) is 20.0. The maximum Gasteiger partial charge on any atom is 0.356 e. The summed E-state index contributed by atoms with van der Waals surface area (Å²) in [6.07, 6.45) is 0.497. The van der Waals surface area contributed by atoms with E-state index in [0.29, 0.717) is 30.0 Å². The minimum Gasteiger partial charge on any atom is -0.497 e. The van der Waals surface area contributed by atoms with Crippen LogP contribution in [0.4, 0.5) is 10.5 Å². The number of rotatable bonds is 4. The minimum absolute atomic E-state index is 0.0354. The summed E-state index contributed by atoms with van der Waals surface area (Å²) >= 11 is 3.40. The number of carboxylic acid groups (broad SMARTS) is 1. The molecule has 4 rings (SSSR count). The molecule has 2 heterocycles. The third-order valence-corrected chi connectivity index (χ3v) is 5.47. The Kier molecular flexibility index (Phi) is 5.45. The molecule has 3 aromatic rings. The van der Waals surface area contributed by atoms with Crippen molar-refractivity contribution in [3.05, 3.63) is 70.0 Å². The molecule has 1 aromatic heterocycles. The Morgan fingerprint density at radius 1 is 1.20 bits per heavy atom. The molecule has 2 N–H and O–H groups in total. The number of hydrogen-bond donors (Lipinski definition) is 2. The van der Waals surface area contributed by atoms with Crippen LogP contribution in [-0.2, 0) is 13.0 Å². The standard InChI is InChI=1S/C21H19BrN4O4/c1-30-16-4-2-3-14(11-16)23-21(29)25-10-9-18-17(12-25)19(20(27)28)24-26(18)15-7-5-13(22)6-8-15/h2-8,11H,9-10,12H2,1H3,(H,23,29)(H,27,28). The van der Waals surface area contributed by atoms with E-state index in [9.17, 15) is 14.7 Å². The van der Waals surface area contributed by atoms with Crippen molar-refractivity contribution in [1.29, 1.82) is 0 Å². The van der Waals surface area contributed by atoms with Crippen LogP contribution in [-0.4, -0.2) is 45.4 Å². The van der Waals surface area contributed by atoms with Crippen LogP contribution in [0.3, 0.4) is 0 Å². The van der Waals surface area contributed by atoms with Crippen LogP contribution < -0.4 is 10.1 Å². The van der Waals surface area contributed by atoms with Gasteiger partial charge in [-0.2, -0.15) is 5.10 Å². The zero-order valence-corrected chi connectivity index (χ0v) is 17.7. The van der Waals surface area contributed by atoms with Gasteiger partial charge in [-0.15, -0.1) is 0 Å². The van der Waals surface area contributed by atoms with Crippen molar-refractivity contribution in [3.8, 4) is 11.4 Å². The highest BCUT2D eigenvalue weighted by Gasteiger charge is 2.30. The van der Waals surface area contributed by atoms with Gasteiger partial charge in [-0.1, -0.05) is 22.0 Å². The number of amides is 2. The molecule has 154 valence electrons. The predicted molar refractivity (Wildman–Crippen MR) is 114 cm³/mol. The Labute approximate surface area is 181 Å². The zero-order chi connectivity index (χ0) is 21.3. The number of methoxy groups -OCH3 is 1. The molecule has 30 heavy (non-hydrogen) atoms. The average molecular weight is 471 g/mol. The van der Waals surface area contributed by atoms with Crippen LogP contribution in [0.25, 0.3) is 5.69 Å². The van der Waals surface area contributed by atoms with E-state index in [1.807, 2.05) is 24.3 Å². The summed E-state index contributed by atoms with van der Waals surface area (Å²) in [6.45, 7) is 0.618. The molecule has 9 heteroatoms. The fourth-order valence-corrected chi connectivity index (χ4v) is 3.73. The highest BCUT2D eigenvalue weighted by Crippen LogP contribution is 2.27. The van der Waals surface area contributed by atoms with Gasteiger partial charge in [0, 0.05) is 34.8 Å². The first-order chi connectivity index (χ1) is 14.5. The van der Waals surface area contributed by atoms with Crippen LogP contribution in [0.15, 0.2) is 53.0 Å². The molecule has 0 unspecified atom stereocenters. The summed E-state index contributed by atoms with van der Waals surface area (Å²) in [6, 6.07) is 14.2. The normalized spacial score (nSPS) is 12.9. The van der Waals surface area contributed by atoms with E-state index in [4.69, 9.17) is 4.74 Å². The topological polar surface area (TPSA) is 96.7 Å². The number of carboxylic acids is 1. The number of nitrogens with zero attached hydrogens (tertiary/aromatic N) is 3. The van der Waals surface area contributed by atoms with E-state index in [1.165, 1.54) is 0 Å². The summed E-state index contributed by atoms with van der Waals surface area (Å²) in [5, 5.41) is 16.8. The molecule has 8 nitrogen and oxygen atoms in total. The summed E-state index contributed by atoms with van der Waals surface area (Å²) in [5.74, 6) is -0.477. The largest absolute Gasteiger partial charge is 0.497 e. The molecule has 0 spiro atoms. The van der Waals surface area contributed by atoms with E-state index in [2.05, 4.69) is 26.3 Å². The molecule has 2 aromatic carbocycles. The molecule has 0 saturated heterocycles. The summed E-state index contributed by atoms with van der Waals surface area (Å²) in [7, 11) is 1.56. The Balaban J connectivity index is 1.60. The van der Waals surface area contributed by atoms with Gasteiger partial charge in [0.15, 0.2) is 5.69 Å². The van der Waals surface area contributed by atoms with Gasteiger partial charge in [0.25, 0.3) is 0 Å². The third kappa shape index (κ3) is 3.88. The fraction of sp³-hybridized carbons (Fsp3) is 0.190.